The van der Waals surface area contributed by atoms with Crippen molar-refractivity contribution in [3.05, 3.63) is 23.9 Å². The molecule has 3 nitrogen and oxygen atoms in total. The van der Waals surface area contributed by atoms with E-state index in [0.717, 1.165) is 44.4 Å². The van der Waals surface area contributed by atoms with Gasteiger partial charge in [0.1, 0.15) is 11.9 Å². The highest BCUT2D eigenvalue weighted by molar-refractivity contribution is 5.14. The maximum atomic E-state index is 13.4. The highest BCUT2D eigenvalue weighted by atomic mass is 19.1. The Kier molecular flexibility index (Phi) is 3.89. The Morgan fingerprint density at radius 2 is 2.00 bits per heavy atom. The molecule has 1 aromatic heterocycles. The van der Waals surface area contributed by atoms with Crippen LogP contribution in [-0.2, 0) is 0 Å². The highest BCUT2D eigenvalue weighted by Crippen LogP contribution is 2.23. The zero-order valence-electron chi connectivity index (χ0n) is 9.53. The summed E-state index contributed by atoms with van der Waals surface area (Å²) >= 11 is 0. The number of aromatic nitrogens is 1. The second-order valence-corrected chi connectivity index (χ2v) is 4.40. The van der Waals surface area contributed by atoms with Gasteiger partial charge in [0.2, 0.25) is 0 Å². The van der Waals surface area contributed by atoms with Gasteiger partial charge in [0.05, 0.1) is 6.20 Å². The standard InChI is InChI=1S/C12H16F2N2O/c13-8-6-9(14)12(16-7-8)17-11-5-3-1-2-4-10(11)15/h6-7,10-11H,1-5,15H2. The van der Waals surface area contributed by atoms with Crippen LogP contribution in [0.2, 0.25) is 0 Å². The zero-order valence-corrected chi connectivity index (χ0v) is 9.53. The molecule has 5 heteroatoms. The summed E-state index contributed by atoms with van der Waals surface area (Å²) in [6.45, 7) is 0. The number of pyridine rings is 1. The van der Waals surface area contributed by atoms with Gasteiger partial charge in [0.25, 0.3) is 5.88 Å². The van der Waals surface area contributed by atoms with Gasteiger partial charge in [-0.2, -0.15) is 0 Å². The molecule has 1 aliphatic rings. The average molecular weight is 242 g/mol. The van der Waals surface area contributed by atoms with Crippen molar-refractivity contribution in [1.82, 2.24) is 4.98 Å². The quantitative estimate of drug-likeness (QED) is 0.810. The number of rotatable bonds is 2. The van der Waals surface area contributed by atoms with E-state index >= 15 is 0 Å². The first-order valence-corrected chi connectivity index (χ1v) is 5.90. The van der Waals surface area contributed by atoms with Crippen molar-refractivity contribution >= 4 is 0 Å². The molecule has 94 valence electrons. The summed E-state index contributed by atoms with van der Waals surface area (Å²) in [6.07, 6.45) is 5.58. The minimum atomic E-state index is -0.776. The van der Waals surface area contributed by atoms with Crippen LogP contribution >= 0.6 is 0 Å². The van der Waals surface area contributed by atoms with Gasteiger partial charge in [-0.1, -0.05) is 12.8 Å². The van der Waals surface area contributed by atoms with Crippen LogP contribution in [0.3, 0.4) is 0 Å². The third kappa shape index (κ3) is 3.12. The van der Waals surface area contributed by atoms with E-state index in [9.17, 15) is 8.78 Å². The molecule has 0 bridgehead atoms. The molecule has 1 heterocycles. The van der Waals surface area contributed by atoms with Crippen LogP contribution in [0.4, 0.5) is 8.78 Å². The van der Waals surface area contributed by atoms with Crippen molar-refractivity contribution in [3.63, 3.8) is 0 Å². The predicted molar refractivity (Wildman–Crippen MR) is 59.6 cm³/mol. The van der Waals surface area contributed by atoms with Gasteiger partial charge in [-0.15, -0.1) is 0 Å². The molecule has 0 amide bonds. The number of halogens is 2. The van der Waals surface area contributed by atoms with Crippen molar-refractivity contribution in [2.24, 2.45) is 5.73 Å². The van der Waals surface area contributed by atoms with E-state index < -0.39 is 11.6 Å². The Balaban J connectivity index is 2.08. The van der Waals surface area contributed by atoms with Crippen molar-refractivity contribution in [2.45, 2.75) is 44.2 Å². The summed E-state index contributed by atoms with van der Waals surface area (Å²) < 4.78 is 31.5. The molecule has 1 fully saturated rings. The van der Waals surface area contributed by atoms with Crippen LogP contribution in [0.25, 0.3) is 0 Å². The van der Waals surface area contributed by atoms with Gasteiger partial charge in [0, 0.05) is 12.1 Å². The number of nitrogens with zero attached hydrogens (tertiary/aromatic N) is 1. The van der Waals surface area contributed by atoms with Crippen LogP contribution in [0.5, 0.6) is 5.88 Å². The van der Waals surface area contributed by atoms with E-state index in [1.165, 1.54) is 0 Å². The lowest BCUT2D eigenvalue weighted by molar-refractivity contribution is 0.148. The summed E-state index contributed by atoms with van der Waals surface area (Å²) in [7, 11) is 0. The molecular weight excluding hydrogens is 226 g/mol. The summed E-state index contributed by atoms with van der Waals surface area (Å²) in [5.41, 5.74) is 5.96. The minimum absolute atomic E-state index is 0.108. The molecule has 2 N–H and O–H groups in total. The maximum Gasteiger partial charge on any atom is 0.250 e. The molecule has 1 aliphatic carbocycles. The molecule has 0 aromatic carbocycles. The zero-order chi connectivity index (χ0) is 12.3. The van der Waals surface area contributed by atoms with Crippen molar-refractivity contribution in [3.8, 4) is 5.88 Å². The molecule has 1 saturated carbocycles. The fourth-order valence-electron chi connectivity index (χ4n) is 2.08. The van der Waals surface area contributed by atoms with Crippen LogP contribution in [-0.4, -0.2) is 17.1 Å². The van der Waals surface area contributed by atoms with Gasteiger partial charge in [-0.25, -0.2) is 13.8 Å². The molecule has 17 heavy (non-hydrogen) atoms. The number of nitrogens with two attached hydrogens (primary N) is 1. The molecular formula is C12H16F2N2O. The van der Waals surface area contributed by atoms with Crippen molar-refractivity contribution < 1.29 is 13.5 Å². The molecule has 0 radical (unpaired) electrons. The van der Waals surface area contributed by atoms with E-state index in [-0.39, 0.29) is 18.0 Å². The topological polar surface area (TPSA) is 48.1 Å². The Labute approximate surface area is 99.0 Å². The number of hydrogen-bond acceptors (Lipinski definition) is 3. The number of hydrogen-bond donors (Lipinski definition) is 1. The fourth-order valence-corrected chi connectivity index (χ4v) is 2.08. The molecule has 2 atom stereocenters. The SMILES string of the molecule is NC1CCCCCC1Oc1ncc(F)cc1F. The van der Waals surface area contributed by atoms with Gasteiger partial charge >= 0.3 is 0 Å². The lowest BCUT2D eigenvalue weighted by Gasteiger charge is -2.22. The van der Waals surface area contributed by atoms with E-state index in [2.05, 4.69) is 4.98 Å². The molecule has 1 aromatic rings. The lowest BCUT2D eigenvalue weighted by Crippen LogP contribution is -2.38. The average Bonchev–Trinajstić information content (AvgIpc) is 2.48. The maximum absolute atomic E-state index is 13.4. The third-order valence-corrected chi connectivity index (χ3v) is 3.04. The smallest absolute Gasteiger partial charge is 0.250 e. The second-order valence-electron chi connectivity index (χ2n) is 4.40. The molecule has 2 unspecified atom stereocenters. The third-order valence-electron chi connectivity index (χ3n) is 3.04. The van der Waals surface area contributed by atoms with Gasteiger partial charge < -0.3 is 10.5 Å². The summed E-state index contributed by atoms with van der Waals surface area (Å²) in [4.78, 5) is 3.61. The van der Waals surface area contributed by atoms with Crippen molar-refractivity contribution in [2.75, 3.05) is 0 Å². The van der Waals surface area contributed by atoms with Crippen LogP contribution in [0, 0.1) is 11.6 Å². The van der Waals surface area contributed by atoms with E-state index in [1.54, 1.807) is 0 Å². The Morgan fingerprint density at radius 1 is 1.24 bits per heavy atom. The van der Waals surface area contributed by atoms with E-state index in [1.807, 2.05) is 0 Å². The first-order chi connectivity index (χ1) is 8.16. The summed E-state index contributed by atoms with van der Waals surface area (Å²) in [5.74, 6) is -1.64. The van der Waals surface area contributed by atoms with Crippen LogP contribution < -0.4 is 10.5 Å². The highest BCUT2D eigenvalue weighted by Gasteiger charge is 2.23. The molecule has 0 saturated heterocycles. The predicted octanol–water partition coefficient (Wildman–Crippen LogP) is 2.40. The first kappa shape index (κ1) is 12.2. The lowest BCUT2D eigenvalue weighted by atomic mass is 10.1. The van der Waals surface area contributed by atoms with E-state index in [4.69, 9.17) is 10.5 Å². The van der Waals surface area contributed by atoms with Gasteiger partial charge in [-0.3, -0.25) is 0 Å². The molecule has 0 spiro atoms. The first-order valence-electron chi connectivity index (χ1n) is 5.90. The molecule has 0 aliphatic heterocycles. The fraction of sp³-hybridized carbons (Fsp3) is 0.583. The molecule has 2 rings (SSSR count). The van der Waals surface area contributed by atoms with E-state index in [0.29, 0.717) is 0 Å². The van der Waals surface area contributed by atoms with Crippen molar-refractivity contribution in [1.29, 1.82) is 0 Å². The van der Waals surface area contributed by atoms with Gasteiger partial charge in [-0.05, 0) is 19.3 Å². The minimum Gasteiger partial charge on any atom is -0.471 e. The summed E-state index contributed by atoms with van der Waals surface area (Å²) in [6, 6.07) is 0.661. The Morgan fingerprint density at radius 3 is 2.76 bits per heavy atom. The monoisotopic (exact) mass is 242 g/mol. The normalized spacial score (nSPS) is 25.4. The summed E-state index contributed by atoms with van der Waals surface area (Å²) in [5, 5.41) is 0. The van der Waals surface area contributed by atoms with Gasteiger partial charge in [0.15, 0.2) is 5.82 Å². The largest absolute Gasteiger partial charge is 0.471 e. The van der Waals surface area contributed by atoms with Crippen LogP contribution in [0.1, 0.15) is 32.1 Å². The van der Waals surface area contributed by atoms with Crippen LogP contribution in [0.15, 0.2) is 12.3 Å². The second kappa shape index (κ2) is 5.40. The number of ether oxygens (including phenoxy) is 1. The Hall–Kier alpha value is -1.23. The Bertz CT molecular complexity index is 387.